The molecule has 3 aromatic rings. The maximum atomic E-state index is 6.34. The highest BCUT2D eigenvalue weighted by atomic mass is 35.5. The Balaban J connectivity index is 1.86. The average Bonchev–Trinajstić information content (AvgIpc) is 2.69. The number of nitrogens with one attached hydrogen (secondary N) is 1. The Labute approximate surface area is 158 Å². The van der Waals surface area contributed by atoms with Gasteiger partial charge in [-0.25, -0.2) is 0 Å². The molecule has 4 rings (SSSR count). The van der Waals surface area contributed by atoms with Crippen molar-refractivity contribution < 1.29 is 4.74 Å². The van der Waals surface area contributed by atoms with Gasteiger partial charge in [0, 0.05) is 48.3 Å². The summed E-state index contributed by atoms with van der Waals surface area (Å²) in [6, 6.07) is 16.3. The van der Waals surface area contributed by atoms with Crippen LogP contribution in [0.15, 0.2) is 54.7 Å². The Morgan fingerprint density at radius 1 is 1.12 bits per heavy atom. The maximum absolute atomic E-state index is 6.34. The van der Waals surface area contributed by atoms with E-state index >= 15 is 0 Å². The van der Waals surface area contributed by atoms with Crippen LogP contribution in [0.3, 0.4) is 0 Å². The first-order valence-corrected chi connectivity index (χ1v) is 9.27. The molecular weight excluding hydrogens is 346 g/mol. The Hall–Kier alpha value is -2.14. The van der Waals surface area contributed by atoms with Crippen LogP contribution in [0.1, 0.15) is 17.2 Å². The van der Waals surface area contributed by atoms with Crippen LogP contribution in [0.5, 0.6) is 5.75 Å². The van der Waals surface area contributed by atoms with E-state index in [-0.39, 0.29) is 6.04 Å². The number of ether oxygens (including phenoxy) is 1. The molecule has 1 aliphatic rings. The molecule has 1 saturated heterocycles. The summed E-state index contributed by atoms with van der Waals surface area (Å²) >= 11 is 6.34. The van der Waals surface area contributed by atoms with Gasteiger partial charge >= 0.3 is 0 Å². The predicted molar refractivity (Wildman–Crippen MR) is 106 cm³/mol. The summed E-state index contributed by atoms with van der Waals surface area (Å²) in [4.78, 5) is 7.15. The molecule has 134 valence electrons. The van der Waals surface area contributed by atoms with Crippen LogP contribution in [0, 0.1) is 0 Å². The molecule has 26 heavy (non-hydrogen) atoms. The van der Waals surface area contributed by atoms with Gasteiger partial charge in [0.2, 0.25) is 0 Å². The molecule has 1 aliphatic heterocycles. The summed E-state index contributed by atoms with van der Waals surface area (Å²) in [6.45, 7) is 3.88. The number of para-hydroxylation sites is 1. The van der Waals surface area contributed by atoms with E-state index in [0.29, 0.717) is 0 Å². The molecule has 4 nitrogen and oxygen atoms in total. The van der Waals surface area contributed by atoms with Gasteiger partial charge in [-0.05, 0) is 35.9 Å². The molecular formula is C21H22ClN3O. The molecule has 0 amide bonds. The standard InChI is InChI=1S/C21H22ClN3O/c1-26-20-7-6-17(22)13-18(20)21(25-10-8-23-9-11-25)16-12-15-4-2-3-5-19(15)24-14-16/h2-7,12-14,21,23H,8-11H2,1H3. The molecule has 2 aromatic carbocycles. The van der Waals surface area contributed by atoms with E-state index < -0.39 is 0 Å². The molecule has 1 unspecified atom stereocenters. The third-order valence-corrected chi connectivity index (χ3v) is 5.17. The second-order valence-corrected chi connectivity index (χ2v) is 6.97. The molecule has 0 spiro atoms. The first kappa shape index (κ1) is 17.3. The lowest BCUT2D eigenvalue weighted by Gasteiger charge is -2.36. The molecule has 1 aromatic heterocycles. The number of nitrogens with zero attached hydrogens (tertiary/aromatic N) is 2. The number of fused-ring (bicyclic) bond motifs is 1. The van der Waals surface area contributed by atoms with E-state index in [2.05, 4.69) is 27.3 Å². The summed E-state index contributed by atoms with van der Waals surface area (Å²) in [5.74, 6) is 0.853. The van der Waals surface area contributed by atoms with Crippen LogP contribution in [0.4, 0.5) is 0 Å². The topological polar surface area (TPSA) is 37.4 Å². The molecule has 1 N–H and O–H groups in total. The lowest BCUT2D eigenvalue weighted by Crippen LogP contribution is -2.45. The van der Waals surface area contributed by atoms with Crippen LogP contribution < -0.4 is 10.1 Å². The summed E-state index contributed by atoms with van der Waals surface area (Å²) in [5, 5.41) is 5.29. The fraction of sp³-hybridized carbons (Fsp3) is 0.286. The number of hydrogen-bond acceptors (Lipinski definition) is 4. The summed E-state index contributed by atoms with van der Waals surface area (Å²) < 4.78 is 5.66. The van der Waals surface area contributed by atoms with Crippen molar-refractivity contribution in [2.75, 3.05) is 33.3 Å². The van der Waals surface area contributed by atoms with Gasteiger partial charge < -0.3 is 10.1 Å². The molecule has 0 saturated carbocycles. The minimum absolute atomic E-state index is 0.0582. The maximum Gasteiger partial charge on any atom is 0.124 e. The second-order valence-electron chi connectivity index (χ2n) is 6.54. The van der Waals surface area contributed by atoms with Gasteiger partial charge in [-0.1, -0.05) is 29.8 Å². The number of benzene rings is 2. The van der Waals surface area contributed by atoms with E-state index in [1.54, 1.807) is 7.11 Å². The van der Waals surface area contributed by atoms with Crippen LogP contribution in [0.25, 0.3) is 10.9 Å². The number of hydrogen-bond donors (Lipinski definition) is 1. The highest BCUT2D eigenvalue weighted by molar-refractivity contribution is 6.30. The second kappa shape index (κ2) is 7.62. The lowest BCUT2D eigenvalue weighted by molar-refractivity contribution is 0.195. The molecule has 2 heterocycles. The SMILES string of the molecule is COc1ccc(Cl)cc1C(c1cnc2ccccc2c1)N1CCNCC1. The fourth-order valence-electron chi connectivity index (χ4n) is 3.68. The zero-order chi connectivity index (χ0) is 17.9. The number of rotatable bonds is 4. The van der Waals surface area contributed by atoms with Crippen molar-refractivity contribution >= 4 is 22.5 Å². The van der Waals surface area contributed by atoms with Gasteiger partial charge in [0.1, 0.15) is 5.75 Å². The Bertz CT molecular complexity index is 909. The monoisotopic (exact) mass is 367 g/mol. The number of piperazine rings is 1. The highest BCUT2D eigenvalue weighted by Crippen LogP contribution is 2.37. The third kappa shape index (κ3) is 3.40. The fourth-order valence-corrected chi connectivity index (χ4v) is 3.86. The normalized spacial score (nSPS) is 16.5. The van der Waals surface area contributed by atoms with Gasteiger partial charge in [0.25, 0.3) is 0 Å². The van der Waals surface area contributed by atoms with Gasteiger partial charge in [-0.15, -0.1) is 0 Å². The summed E-state index contributed by atoms with van der Waals surface area (Å²) in [5.41, 5.74) is 3.25. The number of methoxy groups -OCH3 is 1. The Kier molecular flexibility index (Phi) is 5.07. The minimum atomic E-state index is 0.0582. The Morgan fingerprint density at radius 3 is 2.73 bits per heavy atom. The molecule has 1 fully saturated rings. The molecule has 1 atom stereocenters. The van der Waals surface area contributed by atoms with Gasteiger partial charge in [-0.3, -0.25) is 9.88 Å². The van der Waals surface area contributed by atoms with Crippen molar-refractivity contribution in [3.8, 4) is 5.75 Å². The van der Waals surface area contributed by atoms with Gasteiger partial charge in [0.05, 0.1) is 18.7 Å². The zero-order valence-corrected chi connectivity index (χ0v) is 15.5. The largest absolute Gasteiger partial charge is 0.496 e. The van der Waals surface area contributed by atoms with Crippen molar-refractivity contribution in [1.29, 1.82) is 0 Å². The zero-order valence-electron chi connectivity index (χ0n) is 14.8. The van der Waals surface area contributed by atoms with Crippen molar-refractivity contribution in [2.24, 2.45) is 0 Å². The minimum Gasteiger partial charge on any atom is -0.496 e. The van der Waals surface area contributed by atoms with Crippen molar-refractivity contribution in [3.63, 3.8) is 0 Å². The van der Waals surface area contributed by atoms with Crippen LogP contribution in [-0.4, -0.2) is 43.2 Å². The Morgan fingerprint density at radius 2 is 1.92 bits per heavy atom. The van der Waals surface area contributed by atoms with Crippen molar-refractivity contribution in [2.45, 2.75) is 6.04 Å². The number of halogens is 1. The number of pyridine rings is 1. The molecule has 0 bridgehead atoms. The first-order valence-electron chi connectivity index (χ1n) is 8.89. The van der Waals surface area contributed by atoms with Crippen LogP contribution >= 0.6 is 11.6 Å². The molecule has 5 heteroatoms. The molecule has 0 aliphatic carbocycles. The smallest absolute Gasteiger partial charge is 0.124 e. The summed E-state index contributed by atoms with van der Waals surface area (Å²) in [7, 11) is 1.71. The van der Waals surface area contributed by atoms with E-state index in [0.717, 1.165) is 59.0 Å². The van der Waals surface area contributed by atoms with Crippen molar-refractivity contribution in [3.05, 3.63) is 70.9 Å². The quantitative estimate of drug-likeness (QED) is 0.759. The van der Waals surface area contributed by atoms with E-state index in [4.69, 9.17) is 16.3 Å². The highest BCUT2D eigenvalue weighted by Gasteiger charge is 2.27. The van der Waals surface area contributed by atoms with E-state index in [1.165, 1.54) is 0 Å². The third-order valence-electron chi connectivity index (χ3n) is 4.93. The van der Waals surface area contributed by atoms with E-state index in [9.17, 15) is 0 Å². The predicted octanol–water partition coefficient (Wildman–Crippen LogP) is 3.89. The van der Waals surface area contributed by atoms with Gasteiger partial charge in [-0.2, -0.15) is 0 Å². The summed E-state index contributed by atoms with van der Waals surface area (Å²) in [6.07, 6.45) is 1.98. The van der Waals surface area contributed by atoms with Crippen LogP contribution in [-0.2, 0) is 0 Å². The van der Waals surface area contributed by atoms with E-state index in [1.807, 2.05) is 42.6 Å². The van der Waals surface area contributed by atoms with Crippen molar-refractivity contribution in [1.82, 2.24) is 15.2 Å². The molecule has 0 radical (unpaired) electrons. The van der Waals surface area contributed by atoms with Gasteiger partial charge in [0.15, 0.2) is 0 Å². The first-order chi connectivity index (χ1) is 12.8. The lowest BCUT2D eigenvalue weighted by atomic mass is 9.95. The van der Waals surface area contributed by atoms with Crippen LogP contribution in [0.2, 0.25) is 5.02 Å². The number of aromatic nitrogens is 1. The average molecular weight is 368 g/mol.